The predicted octanol–water partition coefficient (Wildman–Crippen LogP) is 5.03. The maximum atomic E-state index is 11.5. The molecule has 0 bridgehead atoms. The summed E-state index contributed by atoms with van der Waals surface area (Å²) in [5.41, 5.74) is 1.34. The van der Waals surface area contributed by atoms with Gasteiger partial charge in [0.05, 0.1) is 12.6 Å². The molecule has 0 N–H and O–H groups in total. The topological polar surface area (TPSA) is 32.8 Å². The lowest BCUT2D eigenvalue weighted by Crippen LogP contribution is -2.43. The van der Waals surface area contributed by atoms with Crippen molar-refractivity contribution in [1.29, 1.82) is 0 Å². The molecule has 0 aliphatic carbocycles. The average Bonchev–Trinajstić information content (AvgIpc) is 2.69. The first-order valence-corrected chi connectivity index (χ1v) is 10.5. The number of carbonyl (C=O) groups is 1. The van der Waals surface area contributed by atoms with Crippen LogP contribution in [0.15, 0.2) is 12.2 Å². The van der Waals surface area contributed by atoms with Crippen LogP contribution in [-0.2, 0) is 9.53 Å². The van der Waals surface area contributed by atoms with Gasteiger partial charge in [0.25, 0.3) is 0 Å². The number of hydrogen-bond donors (Lipinski definition) is 0. The molecule has 0 rings (SSSR count). The molecule has 0 aromatic carbocycles. The lowest BCUT2D eigenvalue weighted by Gasteiger charge is -2.27. The Labute approximate surface area is 165 Å². The number of ether oxygens (including phenoxy) is 1. The first-order valence-electron chi connectivity index (χ1n) is 10.5. The smallest absolute Gasteiger partial charge is 0.152 e. The summed E-state index contributed by atoms with van der Waals surface area (Å²) in [5.74, 6) is 0.269. The highest BCUT2D eigenvalue weighted by Crippen LogP contribution is 2.10. The summed E-state index contributed by atoms with van der Waals surface area (Å²) in [4.78, 5) is 16.1. The third-order valence-electron chi connectivity index (χ3n) is 4.70. The first-order chi connectivity index (χ1) is 12.4. The van der Waals surface area contributed by atoms with Crippen molar-refractivity contribution in [2.24, 2.45) is 0 Å². The Hall–Kier alpha value is -0.710. The number of likely N-dealkylation sites (N-methyl/N-ethyl adjacent to an activating group) is 2. The summed E-state index contributed by atoms with van der Waals surface area (Å²) in [5, 5.41) is 0. The maximum Gasteiger partial charge on any atom is 0.152 e. The van der Waals surface area contributed by atoms with Gasteiger partial charge in [-0.3, -0.25) is 14.6 Å². The summed E-state index contributed by atoms with van der Waals surface area (Å²) < 4.78 is 5.05. The van der Waals surface area contributed by atoms with Crippen molar-refractivity contribution in [1.82, 2.24) is 9.80 Å². The summed E-state index contributed by atoms with van der Waals surface area (Å²) in [6.07, 6.45) is 1.68. The second-order valence-electron chi connectivity index (χ2n) is 5.92. The van der Waals surface area contributed by atoms with Crippen molar-refractivity contribution < 1.29 is 9.53 Å². The molecule has 2 atom stereocenters. The molecule has 4 nitrogen and oxygen atoms in total. The Morgan fingerprint density at radius 2 is 1.31 bits per heavy atom. The van der Waals surface area contributed by atoms with Gasteiger partial charge in [-0.1, -0.05) is 67.5 Å². The lowest BCUT2D eigenvalue weighted by molar-refractivity contribution is -0.125. The first kappa shape index (κ1) is 30.0. The number of ketones is 1. The van der Waals surface area contributed by atoms with Crippen LogP contribution in [0.2, 0.25) is 0 Å². The summed E-state index contributed by atoms with van der Waals surface area (Å²) in [6.45, 7) is 27.4. The third-order valence-corrected chi connectivity index (χ3v) is 4.70. The van der Waals surface area contributed by atoms with E-state index in [1.54, 1.807) is 7.11 Å². The molecule has 0 spiro atoms. The van der Waals surface area contributed by atoms with E-state index in [4.69, 9.17) is 4.74 Å². The number of nitrogens with zero attached hydrogens (tertiary/aromatic N) is 2. The summed E-state index contributed by atoms with van der Waals surface area (Å²) >= 11 is 0. The van der Waals surface area contributed by atoms with Crippen molar-refractivity contribution >= 4 is 5.78 Å². The minimum absolute atomic E-state index is 0.0509. The SMILES string of the molecule is C=C(CC)[C@@H](C)N(CC)CC.CC.CCC(=O)[C@@H](COC)N(CC)CC. The molecule has 0 aromatic rings. The van der Waals surface area contributed by atoms with Gasteiger partial charge in [0.2, 0.25) is 0 Å². The molecule has 0 saturated carbocycles. The Morgan fingerprint density at radius 1 is 0.885 bits per heavy atom. The van der Waals surface area contributed by atoms with E-state index in [0.717, 1.165) is 32.6 Å². The van der Waals surface area contributed by atoms with Crippen molar-refractivity contribution in [3.8, 4) is 0 Å². The summed E-state index contributed by atoms with van der Waals surface area (Å²) in [7, 11) is 1.64. The van der Waals surface area contributed by atoms with E-state index in [9.17, 15) is 4.79 Å². The van der Waals surface area contributed by atoms with Gasteiger partial charge < -0.3 is 4.74 Å². The molecular formula is C22H48N2O2. The van der Waals surface area contributed by atoms with Gasteiger partial charge in [0.1, 0.15) is 0 Å². The van der Waals surface area contributed by atoms with Crippen LogP contribution in [0.3, 0.4) is 0 Å². The zero-order valence-electron chi connectivity index (χ0n) is 19.5. The molecule has 0 aliphatic heterocycles. The fourth-order valence-electron chi connectivity index (χ4n) is 2.78. The van der Waals surface area contributed by atoms with Gasteiger partial charge in [-0.25, -0.2) is 0 Å². The van der Waals surface area contributed by atoms with Gasteiger partial charge in [0.15, 0.2) is 5.78 Å². The molecule has 26 heavy (non-hydrogen) atoms. The molecule has 0 amide bonds. The van der Waals surface area contributed by atoms with E-state index in [-0.39, 0.29) is 11.8 Å². The van der Waals surface area contributed by atoms with E-state index in [1.807, 2.05) is 20.8 Å². The number of carbonyl (C=O) groups excluding carboxylic acids is 1. The molecule has 0 saturated heterocycles. The largest absolute Gasteiger partial charge is 0.383 e. The summed E-state index contributed by atoms with van der Waals surface area (Å²) in [6, 6.07) is 0.500. The predicted molar refractivity (Wildman–Crippen MR) is 117 cm³/mol. The number of methoxy groups -OCH3 is 1. The monoisotopic (exact) mass is 372 g/mol. The highest BCUT2D eigenvalue weighted by molar-refractivity contribution is 5.83. The molecule has 4 heteroatoms. The Morgan fingerprint density at radius 3 is 1.58 bits per heavy atom. The number of Topliss-reactive ketones (excluding diaryl/α,β-unsaturated/α-hetero) is 1. The Bertz CT molecular complexity index is 324. The molecule has 0 aromatic heterocycles. The van der Waals surface area contributed by atoms with Gasteiger partial charge in [0, 0.05) is 19.6 Å². The van der Waals surface area contributed by atoms with E-state index < -0.39 is 0 Å². The zero-order chi connectivity index (χ0) is 21.1. The molecule has 0 unspecified atom stereocenters. The fourth-order valence-corrected chi connectivity index (χ4v) is 2.78. The van der Waals surface area contributed by atoms with Crippen molar-refractivity contribution in [3.05, 3.63) is 12.2 Å². The number of rotatable bonds is 12. The third kappa shape index (κ3) is 12.6. The lowest BCUT2D eigenvalue weighted by atomic mass is 10.1. The van der Waals surface area contributed by atoms with E-state index in [0.29, 0.717) is 19.1 Å². The van der Waals surface area contributed by atoms with Crippen molar-refractivity contribution in [2.75, 3.05) is 39.9 Å². The van der Waals surface area contributed by atoms with Crippen LogP contribution in [0, 0.1) is 0 Å². The fraction of sp³-hybridized carbons (Fsp3) is 0.864. The van der Waals surface area contributed by atoms with Crippen molar-refractivity contribution in [3.63, 3.8) is 0 Å². The molecule has 158 valence electrons. The molecule has 0 radical (unpaired) electrons. The molecule has 0 fully saturated rings. The minimum atomic E-state index is -0.0509. The minimum Gasteiger partial charge on any atom is -0.383 e. The molecular weight excluding hydrogens is 324 g/mol. The Kier molecular flexibility index (Phi) is 23.8. The van der Waals surface area contributed by atoms with Gasteiger partial charge in [-0.05, 0) is 39.5 Å². The van der Waals surface area contributed by atoms with Crippen LogP contribution in [0.1, 0.15) is 75.2 Å². The highest BCUT2D eigenvalue weighted by atomic mass is 16.5. The van der Waals surface area contributed by atoms with E-state index in [1.165, 1.54) is 5.57 Å². The average molecular weight is 373 g/mol. The Balaban J connectivity index is -0.000000375. The van der Waals surface area contributed by atoms with Crippen LogP contribution < -0.4 is 0 Å². The zero-order valence-corrected chi connectivity index (χ0v) is 19.5. The van der Waals surface area contributed by atoms with Crippen LogP contribution in [-0.4, -0.2) is 67.6 Å². The van der Waals surface area contributed by atoms with Gasteiger partial charge >= 0.3 is 0 Å². The second kappa shape index (κ2) is 20.6. The van der Waals surface area contributed by atoms with Crippen molar-refractivity contribution in [2.45, 2.75) is 87.2 Å². The number of hydrogen-bond acceptors (Lipinski definition) is 4. The van der Waals surface area contributed by atoms with E-state index >= 15 is 0 Å². The van der Waals surface area contributed by atoms with Crippen LogP contribution in [0.25, 0.3) is 0 Å². The van der Waals surface area contributed by atoms with Crippen LogP contribution >= 0.6 is 0 Å². The highest BCUT2D eigenvalue weighted by Gasteiger charge is 2.21. The van der Waals surface area contributed by atoms with E-state index in [2.05, 4.69) is 57.9 Å². The normalized spacial score (nSPS) is 12.6. The van der Waals surface area contributed by atoms with Crippen LogP contribution in [0.4, 0.5) is 0 Å². The maximum absolute atomic E-state index is 11.5. The van der Waals surface area contributed by atoms with Gasteiger partial charge in [-0.2, -0.15) is 0 Å². The molecule has 0 heterocycles. The quantitative estimate of drug-likeness (QED) is 0.450. The molecule has 0 aliphatic rings. The van der Waals surface area contributed by atoms with Crippen LogP contribution in [0.5, 0.6) is 0 Å². The van der Waals surface area contributed by atoms with Gasteiger partial charge in [-0.15, -0.1) is 0 Å². The standard InChI is InChI=1S/C10H21NO2.C10H21N.C2H6/c1-5-10(12)9(8-13-4)11(6-2)7-3;1-6-9(4)10(5)11(7-2)8-3;1-2/h9H,5-8H2,1-4H3;10H,4,6-8H2,1-3,5H3;1-2H3/t9-;10-;/m11./s1. The second-order valence-corrected chi connectivity index (χ2v) is 5.92.